The number of fused-ring (bicyclic) bond motifs is 1. The van der Waals surface area contributed by atoms with E-state index >= 15 is 0 Å². The summed E-state index contributed by atoms with van der Waals surface area (Å²) in [4.78, 5) is 27.5. The van der Waals surface area contributed by atoms with E-state index in [9.17, 15) is 9.59 Å². The third-order valence-electron chi connectivity index (χ3n) is 3.94. The molecule has 6 heteroatoms. The van der Waals surface area contributed by atoms with Gasteiger partial charge in [-0.3, -0.25) is 4.79 Å². The van der Waals surface area contributed by atoms with E-state index in [4.69, 9.17) is 5.73 Å². The average molecular weight is 274 g/mol. The number of nitrogens with one attached hydrogen (secondary N) is 1. The fourth-order valence-corrected chi connectivity index (χ4v) is 2.82. The molecule has 2 fully saturated rings. The second-order valence-corrected chi connectivity index (χ2v) is 5.28. The lowest BCUT2D eigenvalue weighted by molar-refractivity contribution is -0.130. The Bertz CT molecular complexity index is 528. The van der Waals surface area contributed by atoms with Gasteiger partial charge in [0.2, 0.25) is 5.91 Å². The maximum atomic E-state index is 12.2. The van der Waals surface area contributed by atoms with Crippen LogP contribution in [0, 0.1) is 0 Å². The van der Waals surface area contributed by atoms with Crippen LogP contribution in [-0.2, 0) is 4.79 Å². The van der Waals surface area contributed by atoms with Crippen molar-refractivity contribution < 1.29 is 9.59 Å². The summed E-state index contributed by atoms with van der Waals surface area (Å²) in [5.41, 5.74) is 7.01. The Morgan fingerprint density at radius 2 is 2.00 bits per heavy atom. The molecule has 0 saturated carbocycles. The van der Waals surface area contributed by atoms with Crippen molar-refractivity contribution in [2.45, 2.75) is 18.9 Å². The topological polar surface area (TPSA) is 78.7 Å². The van der Waals surface area contributed by atoms with E-state index in [1.807, 2.05) is 4.90 Å². The van der Waals surface area contributed by atoms with Gasteiger partial charge >= 0.3 is 6.03 Å². The first kappa shape index (κ1) is 12.8. The number of amides is 3. The van der Waals surface area contributed by atoms with Crippen LogP contribution in [0.5, 0.6) is 0 Å². The van der Waals surface area contributed by atoms with Gasteiger partial charge in [-0.15, -0.1) is 0 Å². The molecule has 3 amide bonds. The zero-order valence-electron chi connectivity index (χ0n) is 11.2. The fourth-order valence-electron chi connectivity index (χ4n) is 2.82. The molecule has 0 spiro atoms. The Hall–Kier alpha value is -2.24. The van der Waals surface area contributed by atoms with Crippen LogP contribution in [0.15, 0.2) is 24.3 Å². The number of urea groups is 1. The highest BCUT2D eigenvalue weighted by Crippen LogP contribution is 2.23. The van der Waals surface area contributed by atoms with Crippen LogP contribution < -0.4 is 11.1 Å². The van der Waals surface area contributed by atoms with E-state index in [-0.39, 0.29) is 18.0 Å². The predicted molar refractivity (Wildman–Crippen MR) is 76.2 cm³/mol. The van der Waals surface area contributed by atoms with Crippen molar-refractivity contribution in [1.29, 1.82) is 0 Å². The maximum absolute atomic E-state index is 12.2. The molecule has 20 heavy (non-hydrogen) atoms. The first-order valence-corrected chi connectivity index (χ1v) is 6.84. The van der Waals surface area contributed by atoms with Crippen molar-refractivity contribution in [1.82, 2.24) is 9.80 Å². The van der Waals surface area contributed by atoms with Crippen molar-refractivity contribution in [3.63, 3.8) is 0 Å². The van der Waals surface area contributed by atoms with E-state index in [1.165, 1.54) is 0 Å². The molecule has 0 radical (unpaired) electrons. The van der Waals surface area contributed by atoms with Gasteiger partial charge in [-0.2, -0.15) is 0 Å². The minimum Gasteiger partial charge on any atom is -0.399 e. The number of hydrogen-bond acceptors (Lipinski definition) is 3. The fraction of sp³-hybridized carbons (Fsp3) is 0.429. The molecular formula is C14H18N4O2. The van der Waals surface area contributed by atoms with E-state index in [0.717, 1.165) is 12.1 Å². The second-order valence-electron chi connectivity index (χ2n) is 5.28. The normalized spacial score (nSPS) is 21.8. The molecule has 1 aromatic rings. The van der Waals surface area contributed by atoms with Crippen molar-refractivity contribution in [2.24, 2.45) is 0 Å². The molecular weight excluding hydrogens is 256 g/mol. The molecule has 2 aliphatic rings. The number of anilines is 2. The average Bonchev–Trinajstić information content (AvgIpc) is 2.82. The number of nitrogens with two attached hydrogens (primary N) is 1. The largest absolute Gasteiger partial charge is 0.399 e. The molecule has 0 bridgehead atoms. The molecule has 1 aromatic carbocycles. The van der Waals surface area contributed by atoms with Crippen LogP contribution in [0.4, 0.5) is 16.2 Å². The molecule has 1 unspecified atom stereocenters. The highest BCUT2D eigenvalue weighted by atomic mass is 16.2. The summed E-state index contributed by atoms with van der Waals surface area (Å²) in [6.45, 7) is 1.84. The SMILES string of the molecule is Nc1ccc(NC(=O)N2CCN3C(=O)CCC3C2)cc1. The molecule has 6 nitrogen and oxygen atoms in total. The Morgan fingerprint density at radius 3 is 2.75 bits per heavy atom. The summed E-state index contributed by atoms with van der Waals surface area (Å²) in [7, 11) is 0. The van der Waals surface area contributed by atoms with Gasteiger partial charge in [-0.1, -0.05) is 0 Å². The van der Waals surface area contributed by atoms with Crippen LogP contribution in [0.1, 0.15) is 12.8 Å². The number of nitrogens with zero attached hydrogens (tertiary/aromatic N) is 2. The monoisotopic (exact) mass is 274 g/mol. The lowest BCUT2D eigenvalue weighted by Crippen LogP contribution is -2.54. The van der Waals surface area contributed by atoms with Gasteiger partial charge < -0.3 is 20.9 Å². The quantitative estimate of drug-likeness (QED) is 0.753. The lowest BCUT2D eigenvalue weighted by Gasteiger charge is -2.37. The molecule has 1 atom stereocenters. The minimum absolute atomic E-state index is 0.117. The van der Waals surface area contributed by atoms with Crippen LogP contribution in [-0.4, -0.2) is 47.4 Å². The first-order chi connectivity index (χ1) is 9.63. The summed E-state index contributed by atoms with van der Waals surface area (Å²) >= 11 is 0. The summed E-state index contributed by atoms with van der Waals surface area (Å²) in [5, 5.41) is 2.86. The summed E-state index contributed by atoms with van der Waals surface area (Å²) in [6.07, 6.45) is 1.46. The summed E-state index contributed by atoms with van der Waals surface area (Å²) in [6, 6.07) is 7.14. The minimum atomic E-state index is -0.117. The van der Waals surface area contributed by atoms with Crippen LogP contribution in [0.25, 0.3) is 0 Å². The van der Waals surface area contributed by atoms with Gasteiger partial charge in [0.15, 0.2) is 0 Å². The van der Waals surface area contributed by atoms with Gasteiger partial charge in [0.1, 0.15) is 0 Å². The zero-order chi connectivity index (χ0) is 14.1. The number of carbonyl (C=O) groups is 2. The number of hydrogen-bond donors (Lipinski definition) is 2. The molecule has 0 aromatic heterocycles. The Kier molecular flexibility index (Phi) is 3.22. The molecule has 2 aliphatic heterocycles. The van der Waals surface area contributed by atoms with E-state index in [0.29, 0.717) is 31.7 Å². The summed E-state index contributed by atoms with van der Waals surface area (Å²) in [5.74, 6) is 0.216. The van der Waals surface area contributed by atoms with Crippen LogP contribution in [0.2, 0.25) is 0 Å². The van der Waals surface area contributed by atoms with Crippen molar-refractivity contribution >= 4 is 23.3 Å². The van der Waals surface area contributed by atoms with Crippen LogP contribution >= 0.6 is 0 Å². The third kappa shape index (κ3) is 2.41. The maximum Gasteiger partial charge on any atom is 0.321 e. The molecule has 2 heterocycles. The van der Waals surface area contributed by atoms with E-state index < -0.39 is 0 Å². The highest BCUT2D eigenvalue weighted by Gasteiger charge is 2.36. The second kappa shape index (κ2) is 5.03. The van der Waals surface area contributed by atoms with Crippen molar-refractivity contribution in [2.75, 3.05) is 30.7 Å². The van der Waals surface area contributed by atoms with Gasteiger partial charge in [-0.05, 0) is 30.7 Å². The number of carbonyl (C=O) groups excluding carboxylic acids is 2. The molecule has 106 valence electrons. The lowest BCUT2D eigenvalue weighted by atomic mass is 10.1. The number of piperazine rings is 1. The van der Waals surface area contributed by atoms with Crippen molar-refractivity contribution in [3.8, 4) is 0 Å². The smallest absolute Gasteiger partial charge is 0.321 e. The van der Waals surface area contributed by atoms with Gasteiger partial charge in [0.25, 0.3) is 0 Å². The number of benzene rings is 1. The van der Waals surface area contributed by atoms with Crippen molar-refractivity contribution in [3.05, 3.63) is 24.3 Å². The van der Waals surface area contributed by atoms with E-state index in [1.54, 1.807) is 29.2 Å². The zero-order valence-corrected chi connectivity index (χ0v) is 11.2. The van der Waals surface area contributed by atoms with E-state index in [2.05, 4.69) is 5.32 Å². The predicted octanol–water partition coefficient (Wildman–Crippen LogP) is 1.11. The standard InChI is InChI=1S/C14H18N4O2/c15-10-1-3-11(4-2-10)16-14(20)17-7-8-18-12(9-17)5-6-13(18)19/h1-4,12H,5-9,15H2,(H,16,20). The Morgan fingerprint density at radius 1 is 1.25 bits per heavy atom. The molecule has 3 N–H and O–H groups in total. The number of rotatable bonds is 1. The molecule has 2 saturated heterocycles. The van der Waals surface area contributed by atoms with Crippen LogP contribution in [0.3, 0.4) is 0 Å². The van der Waals surface area contributed by atoms with Gasteiger partial charge in [0, 0.05) is 43.5 Å². The Balaban J connectivity index is 1.61. The van der Waals surface area contributed by atoms with Gasteiger partial charge in [-0.25, -0.2) is 4.79 Å². The summed E-state index contributed by atoms with van der Waals surface area (Å²) < 4.78 is 0. The molecule has 0 aliphatic carbocycles. The Labute approximate surface area is 117 Å². The molecule has 3 rings (SSSR count). The number of nitrogen functional groups attached to an aromatic ring is 1. The highest BCUT2D eigenvalue weighted by molar-refractivity contribution is 5.90. The first-order valence-electron chi connectivity index (χ1n) is 6.84. The third-order valence-corrected chi connectivity index (χ3v) is 3.94. The van der Waals surface area contributed by atoms with Gasteiger partial charge in [0.05, 0.1) is 0 Å².